The van der Waals surface area contributed by atoms with Gasteiger partial charge in [0.25, 0.3) is 0 Å². The summed E-state index contributed by atoms with van der Waals surface area (Å²) in [5.74, 6) is 0. The molecule has 1 aromatic carbocycles. The molecule has 0 radical (unpaired) electrons. The molecule has 1 saturated carbocycles. The molecule has 1 N–H and O–H groups in total. The first-order chi connectivity index (χ1) is 9.08. The molecule has 2 aliphatic rings. The molecule has 0 aromatic heterocycles. The molecule has 0 heterocycles. The van der Waals surface area contributed by atoms with Crippen molar-refractivity contribution in [1.29, 1.82) is 0 Å². The van der Waals surface area contributed by atoms with Crippen molar-refractivity contribution in [2.75, 3.05) is 20.1 Å². The van der Waals surface area contributed by atoms with E-state index in [1.54, 1.807) is 0 Å². The smallest absolute Gasteiger partial charge is 0.0378 e. The predicted octanol–water partition coefficient (Wildman–Crippen LogP) is 2.99. The molecule has 0 amide bonds. The number of hydrogen-bond donors (Lipinski definition) is 1. The van der Waals surface area contributed by atoms with Gasteiger partial charge in [0.2, 0.25) is 0 Å². The van der Waals surface area contributed by atoms with Crippen LogP contribution in [0.25, 0.3) is 0 Å². The van der Waals surface area contributed by atoms with Gasteiger partial charge in [-0.3, -0.25) is 0 Å². The molecule has 1 aromatic rings. The fourth-order valence-corrected chi connectivity index (χ4v) is 3.46. The Kier molecular flexibility index (Phi) is 3.40. The Hall–Kier alpha value is -0.860. The van der Waals surface area contributed by atoms with Crippen LogP contribution in [0.5, 0.6) is 0 Å². The standard InChI is InChI=1S/C17H26N2/c1-17(2)12-13-6-4-5-7-15(13)16(17)18-10-11-19(3)14-8-9-14/h4-7,14,16,18H,8-12H2,1-3H3. The maximum absolute atomic E-state index is 3.80. The second-order valence-electron chi connectivity index (χ2n) is 6.96. The van der Waals surface area contributed by atoms with Crippen LogP contribution in [0.1, 0.15) is 43.9 Å². The summed E-state index contributed by atoms with van der Waals surface area (Å²) in [6, 6.07) is 10.3. The van der Waals surface area contributed by atoms with Crippen LogP contribution in [0, 0.1) is 5.41 Å². The van der Waals surface area contributed by atoms with Gasteiger partial charge in [-0.1, -0.05) is 38.1 Å². The van der Waals surface area contributed by atoms with Gasteiger partial charge < -0.3 is 10.2 Å². The van der Waals surface area contributed by atoms with Crippen LogP contribution in [0.4, 0.5) is 0 Å². The fraction of sp³-hybridized carbons (Fsp3) is 0.647. The predicted molar refractivity (Wildman–Crippen MR) is 80.3 cm³/mol. The lowest BCUT2D eigenvalue weighted by Gasteiger charge is -2.29. The highest BCUT2D eigenvalue weighted by Gasteiger charge is 2.38. The molecular weight excluding hydrogens is 232 g/mol. The molecule has 2 aliphatic carbocycles. The minimum atomic E-state index is 0.335. The molecule has 2 heteroatoms. The van der Waals surface area contributed by atoms with Crippen LogP contribution < -0.4 is 5.32 Å². The Labute approximate surface area is 117 Å². The van der Waals surface area contributed by atoms with Gasteiger partial charge in [-0.2, -0.15) is 0 Å². The SMILES string of the molecule is CN(CCNC1c2ccccc2CC1(C)C)C1CC1. The van der Waals surface area contributed by atoms with Crippen molar-refractivity contribution in [2.45, 2.75) is 45.2 Å². The lowest BCUT2D eigenvalue weighted by atomic mass is 9.85. The summed E-state index contributed by atoms with van der Waals surface area (Å²) < 4.78 is 0. The van der Waals surface area contributed by atoms with Crippen LogP contribution in [-0.2, 0) is 6.42 Å². The first kappa shape index (κ1) is 13.1. The van der Waals surface area contributed by atoms with Gasteiger partial charge in [0.1, 0.15) is 0 Å². The Morgan fingerprint density at radius 1 is 1.26 bits per heavy atom. The number of nitrogens with zero attached hydrogens (tertiary/aromatic N) is 1. The van der Waals surface area contributed by atoms with Crippen molar-refractivity contribution in [2.24, 2.45) is 5.41 Å². The molecule has 0 bridgehead atoms. The zero-order valence-electron chi connectivity index (χ0n) is 12.4. The lowest BCUT2D eigenvalue weighted by molar-refractivity contribution is 0.249. The monoisotopic (exact) mass is 258 g/mol. The van der Waals surface area contributed by atoms with Gasteiger partial charge in [-0.25, -0.2) is 0 Å². The van der Waals surface area contributed by atoms with Crippen molar-refractivity contribution in [3.63, 3.8) is 0 Å². The number of hydrogen-bond acceptors (Lipinski definition) is 2. The van der Waals surface area contributed by atoms with E-state index < -0.39 is 0 Å². The van der Waals surface area contributed by atoms with Gasteiger partial charge in [0, 0.05) is 25.2 Å². The minimum absolute atomic E-state index is 0.335. The molecular formula is C17H26N2. The van der Waals surface area contributed by atoms with E-state index >= 15 is 0 Å². The van der Waals surface area contributed by atoms with E-state index in [2.05, 4.69) is 55.4 Å². The third-order valence-electron chi connectivity index (χ3n) is 4.78. The second kappa shape index (κ2) is 4.92. The summed E-state index contributed by atoms with van der Waals surface area (Å²) in [7, 11) is 2.26. The first-order valence-corrected chi connectivity index (χ1v) is 7.59. The Morgan fingerprint density at radius 3 is 2.74 bits per heavy atom. The largest absolute Gasteiger partial charge is 0.308 e. The highest BCUT2D eigenvalue weighted by Crippen LogP contribution is 2.44. The molecule has 0 aliphatic heterocycles. The summed E-state index contributed by atoms with van der Waals surface area (Å²) in [6.07, 6.45) is 3.99. The van der Waals surface area contributed by atoms with Crippen LogP contribution in [0.3, 0.4) is 0 Å². The quantitative estimate of drug-likeness (QED) is 0.873. The molecule has 3 rings (SSSR count). The number of nitrogens with one attached hydrogen (secondary N) is 1. The van der Waals surface area contributed by atoms with Crippen molar-refractivity contribution in [3.8, 4) is 0 Å². The van der Waals surface area contributed by atoms with Crippen molar-refractivity contribution in [3.05, 3.63) is 35.4 Å². The maximum atomic E-state index is 3.80. The second-order valence-corrected chi connectivity index (χ2v) is 6.96. The van der Waals surface area contributed by atoms with E-state index in [-0.39, 0.29) is 0 Å². The van der Waals surface area contributed by atoms with Gasteiger partial charge in [-0.05, 0) is 42.9 Å². The third kappa shape index (κ3) is 2.70. The molecule has 1 unspecified atom stereocenters. The maximum Gasteiger partial charge on any atom is 0.0378 e. The molecule has 104 valence electrons. The highest BCUT2D eigenvalue weighted by molar-refractivity contribution is 5.37. The lowest BCUT2D eigenvalue weighted by Crippen LogP contribution is -2.37. The number of fused-ring (bicyclic) bond motifs is 1. The van der Waals surface area contributed by atoms with E-state index in [1.807, 2.05) is 0 Å². The molecule has 1 fully saturated rings. The average molecular weight is 258 g/mol. The molecule has 19 heavy (non-hydrogen) atoms. The number of rotatable bonds is 5. The normalized spacial score (nSPS) is 24.7. The van der Waals surface area contributed by atoms with Gasteiger partial charge >= 0.3 is 0 Å². The molecule has 0 spiro atoms. The van der Waals surface area contributed by atoms with Crippen molar-refractivity contribution < 1.29 is 0 Å². The third-order valence-corrected chi connectivity index (χ3v) is 4.78. The zero-order chi connectivity index (χ0) is 13.5. The highest BCUT2D eigenvalue weighted by atomic mass is 15.2. The minimum Gasteiger partial charge on any atom is -0.308 e. The van der Waals surface area contributed by atoms with Crippen molar-refractivity contribution >= 4 is 0 Å². The average Bonchev–Trinajstić information content (AvgIpc) is 3.16. The number of likely N-dealkylation sites (N-methyl/N-ethyl adjacent to an activating group) is 1. The molecule has 2 nitrogen and oxygen atoms in total. The van der Waals surface area contributed by atoms with E-state index in [9.17, 15) is 0 Å². The van der Waals surface area contributed by atoms with E-state index in [4.69, 9.17) is 0 Å². The van der Waals surface area contributed by atoms with Gasteiger partial charge in [0.15, 0.2) is 0 Å². The summed E-state index contributed by atoms with van der Waals surface area (Å²) in [6.45, 7) is 7.03. The van der Waals surface area contributed by atoms with Crippen LogP contribution in [-0.4, -0.2) is 31.1 Å². The molecule has 0 saturated heterocycles. The summed E-state index contributed by atoms with van der Waals surface area (Å²) in [5, 5.41) is 3.80. The zero-order valence-corrected chi connectivity index (χ0v) is 12.4. The summed E-state index contributed by atoms with van der Waals surface area (Å²) in [4.78, 5) is 2.50. The topological polar surface area (TPSA) is 15.3 Å². The van der Waals surface area contributed by atoms with E-state index in [1.165, 1.54) is 36.9 Å². The van der Waals surface area contributed by atoms with E-state index in [0.29, 0.717) is 11.5 Å². The van der Waals surface area contributed by atoms with Crippen LogP contribution in [0.2, 0.25) is 0 Å². The van der Waals surface area contributed by atoms with Crippen LogP contribution in [0.15, 0.2) is 24.3 Å². The Balaban J connectivity index is 1.62. The first-order valence-electron chi connectivity index (χ1n) is 7.59. The molecule has 1 atom stereocenters. The number of benzene rings is 1. The Morgan fingerprint density at radius 2 is 2.00 bits per heavy atom. The van der Waals surface area contributed by atoms with Crippen molar-refractivity contribution in [1.82, 2.24) is 10.2 Å². The Bertz CT molecular complexity index is 448. The van der Waals surface area contributed by atoms with Gasteiger partial charge in [-0.15, -0.1) is 0 Å². The summed E-state index contributed by atoms with van der Waals surface area (Å²) in [5.41, 5.74) is 3.38. The summed E-state index contributed by atoms with van der Waals surface area (Å²) >= 11 is 0. The van der Waals surface area contributed by atoms with E-state index in [0.717, 1.165) is 12.6 Å². The van der Waals surface area contributed by atoms with Crippen LogP contribution >= 0.6 is 0 Å². The van der Waals surface area contributed by atoms with Gasteiger partial charge in [0.05, 0.1) is 0 Å². The fourth-order valence-electron chi connectivity index (χ4n) is 3.46.